The number of nitriles is 1. The fourth-order valence-corrected chi connectivity index (χ4v) is 3.51. The SMILES string of the molecule is N#CN=CC1(C2CCCC2)CCCCC1. The van der Waals surface area contributed by atoms with E-state index in [1.54, 1.807) is 0 Å². The normalized spacial score (nSPS) is 26.9. The lowest BCUT2D eigenvalue weighted by atomic mass is 9.66. The molecule has 0 radical (unpaired) electrons. The molecule has 0 bridgehead atoms. The van der Waals surface area contributed by atoms with Crippen LogP contribution in [0.3, 0.4) is 0 Å². The lowest BCUT2D eigenvalue weighted by Crippen LogP contribution is -2.33. The van der Waals surface area contributed by atoms with Crippen molar-refractivity contribution < 1.29 is 0 Å². The van der Waals surface area contributed by atoms with E-state index in [-0.39, 0.29) is 0 Å². The second-order valence-electron chi connectivity index (χ2n) is 5.13. The van der Waals surface area contributed by atoms with Gasteiger partial charge >= 0.3 is 0 Å². The van der Waals surface area contributed by atoms with E-state index in [1.807, 2.05) is 12.4 Å². The van der Waals surface area contributed by atoms with Crippen LogP contribution in [0.4, 0.5) is 0 Å². The van der Waals surface area contributed by atoms with Gasteiger partial charge in [0.15, 0.2) is 0 Å². The number of hydrogen-bond acceptors (Lipinski definition) is 2. The van der Waals surface area contributed by atoms with E-state index in [4.69, 9.17) is 5.26 Å². The molecule has 2 aliphatic rings. The molecule has 0 aromatic carbocycles. The second kappa shape index (κ2) is 4.79. The summed E-state index contributed by atoms with van der Waals surface area (Å²) in [6.07, 6.45) is 16.0. The zero-order valence-electron chi connectivity index (χ0n) is 9.41. The third-order valence-electron chi connectivity index (χ3n) is 4.33. The Balaban J connectivity index is 2.13. The van der Waals surface area contributed by atoms with Gasteiger partial charge in [-0.15, -0.1) is 0 Å². The molecular formula is C13H20N2. The summed E-state index contributed by atoms with van der Waals surface area (Å²) in [4.78, 5) is 3.89. The number of nitrogens with zero attached hydrogens (tertiary/aromatic N) is 2. The Labute approximate surface area is 92.4 Å². The minimum absolute atomic E-state index is 0.296. The van der Waals surface area contributed by atoms with E-state index >= 15 is 0 Å². The van der Waals surface area contributed by atoms with Gasteiger partial charge in [0.1, 0.15) is 0 Å². The van der Waals surface area contributed by atoms with Crippen molar-refractivity contribution in [3.05, 3.63) is 0 Å². The van der Waals surface area contributed by atoms with Gasteiger partial charge in [-0.2, -0.15) is 10.3 Å². The quantitative estimate of drug-likeness (QED) is 0.499. The second-order valence-corrected chi connectivity index (χ2v) is 5.13. The summed E-state index contributed by atoms with van der Waals surface area (Å²) < 4.78 is 0. The zero-order chi connectivity index (χ0) is 10.6. The summed E-state index contributed by atoms with van der Waals surface area (Å²) in [7, 11) is 0. The van der Waals surface area contributed by atoms with Crippen molar-refractivity contribution in [1.82, 2.24) is 0 Å². The average Bonchev–Trinajstić information content (AvgIpc) is 2.82. The van der Waals surface area contributed by atoms with Crippen LogP contribution in [0.2, 0.25) is 0 Å². The smallest absolute Gasteiger partial charge is 0.186 e. The van der Waals surface area contributed by atoms with Crippen molar-refractivity contribution in [2.24, 2.45) is 16.3 Å². The Kier molecular flexibility index (Phi) is 3.41. The van der Waals surface area contributed by atoms with Gasteiger partial charge in [-0.3, -0.25) is 0 Å². The van der Waals surface area contributed by atoms with Crippen LogP contribution in [0.1, 0.15) is 57.8 Å². The summed E-state index contributed by atoms with van der Waals surface area (Å²) in [5.41, 5.74) is 0.296. The van der Waals surface area contributed by atoms with Gasteiger partial charge in [-0.1, -0.05) is 32.1 Å². The lowest BCUT2D eigenvalue weighted by molar-refractivity contribution is 0.188. The number of rotatable bonds is 2. The largest absolute Gasteiger partial charge is 0.205 e. The summed E-state index contributed by atoms with van der Waals surface area (Å²) in [5, 5.41) is 8.61. The first kappa shape index (κ1) is 10.7. The predicted molar refractivity (Wildman–Crippen MR) is 61.6 cm³/mol. The highest BCUT2D eigenvalue weighted by Crippen LogP contribution is 2.47. The molecule has 0 saturated heterocycles. The molecule has 0 atom stereocenters. The molecule has 15 heavy (non-hydrogen) atoms. The maximum atomic E-state index is 8.61. The minimum atomic E-state index is 0.296. The highest BCUT2D eigenvalue weighted by Gasteiger charge is 2.39. The van der Waals surface area contributed by atoms with Crippen LogP contribution in [0, 0.1) is 22.8 Å². The van der Waals surface area contributed by atoms with Crippen LogP contribution in [-0.4, -0.2) is 6.21 Å². The Morgan fingerprint density at radius 1 is 1.07 bits per heavy atom. The fourth-order valence-electron chi connectivity index (χ4n) is 3.51. The Bertz CT molecular complexity index is 263. The van der Waals surface area contributed by atoms with Gasteiger partial charge in [0.25, 0.3) is 0 Å². The van der Waals surface area contributed by atoms with Crippen LogP contribution in [-0.2, 0) is 0 Å². The van der Waals surface area contributed by atoms with Gasteiger partial charge in [-0.05, 0) is 31.6 Å². The van der Waals surface area contributed by atoms with Gasteiger partial charge in [-0.25, -0.2) is 0 Å². The number of aliphatic imine (C=N–C) groups is 1. The first-order valence-electron chi connectivity index (χ1n) is 6.31. The molecule has 0 aromatic rings. The predicted octanol–water partition coefficient (Wildman–Crippen LogP) is 3.68. The highest BCUT2D eigenvalue weighted by molar-refractivity contribution is 5.67. The molecule has 0 amide bonds. The molecule has 82 valence electrons. The van der Waals surface area contributed by atoms with E-state index in [0.717, 1.165) is 5.92 Å². The molecule has 2 heteroatoms. The topological polar surface area (TPSA) is 36.1 Å². The van der Waals surface area contributed by atoms with Crippen molar-refractivity contribution in [2.45, 2.75) is 57.8 Å². The van der Waals surface area contributed by atoms with Crippen LogP contribution >= 0.6 is 0 Å². The molecule has 2 rings (SSSR count). The van der Waals surface area contributed by atoms with Crippen molar-refractivity contribution in [3.63, 3.8) is 0 Å². The monoisotopic (exact) mass is 204 g/mol. The molecule has 0 spiro atoms. The molecule has 0 N–H and O–H groups in total. The first-order valence-corrected chi connectivity index (χ1v) is 6.31. The highest BCUT2D eigenvalue weighted by atomic mass is 14.7. The molecule has 0 aliphatic heterocycles. The van der Waals surface area contributed by atoms with Crippen molar-refractivity contribution in [3.8, 4) is 6.19 Å². The molecule has 0 heterocycles. The van der Waals surface area contributed by atoms with Crippen LogP contribution < -0.4 is 0 Å². The summed E-state index contributed by atoms with van der Waals surface area (Å²) >= 11 is 0. The average molecular weight is 204 g/mol. The van der Waals surface area contributed by atoms with Crippen LogP contribution in [0.5, 0.6) is 0 Å². The molecular weight excluding hydrogens is 184 g/mol. The molecule has 2 fully saturated rings. The van der Waals surface area contributed by atoms with Crippen molar-refractivity contribution >= 4 is 6.21 Å². The number of hydrogen-bond donors (Lipinski definition) is 0. The summed E-state index contributed by atoms with van der Waals surface area (Å²) in [6.45, 7) is 0. The Morgan fingerprint density at radius 3 is 2.33 bits per heavy atom. The third kappa shape index (κ3) is 2.22. The molecule has 2 aliphatic carbocycles. The van der Waals surface area contributed by atoms with E-state index in [1.165, 1.54) is 57.8 Å². The maximum absolute atomic E-state index is 8.61. The summed E-state index contributed by atoms with van der Waals surface area (Å²) in [5.74, 6) is 0.815. The van der Waals surface area contributed by atoms with E-state index in [2.05, 4.69) is 4.99 Å². The third-order valence-corrected chi connectivity index (χ3v) is 4.33. The maximum Gasteiger partial charge on any atom is 0.205 e. The standard InChI is InChI=1S/C13H20N2/c14-11-15-10-13(8-4-1-5-9-13)12-6-2-3-7-12/h10,12H,1-9H2. The lowest BCUT2D eigenvalue weighted by Gasteiger charge is -2.39. The molecule has 2 saturated carbocycles. The van der Waals surface area contributed by atoms with E-state index in [9.17, 15) is 0 Å². The molecule has 2 nitrogen and oxygen atoms in total. The Hall–Kier alpha value is -0.840. The van der Waals surface area contributed by atoms with Crippen LogP contribution in [0.15, 0.2) is 4.99 Å². The minimum Gasteiger partial charge on any atom is -0.186 e. The van der Waals surface area contributed by atoms with Crippen molar-refractivity contribution in [2.75, 3.05) is 0 Å². The molecule has 0 aromatic heterocycles. The van der Waals surface area contributed by atoms with Gasteiger partial charge in [0.2, 0.25) is 6.19 Å². The van der Waals surface area contributed by atoms with Gasteiger partial charge in [0.05, 0.1) is 0 Å². The van der Waals surface area contributed by atoms with E-state index < -0.39 is 0 Å². The Morgan fingerprint density at radius 2 is 1.73 bits per heavy atom. The summed E-state index contributed by atoms with van der Waals surface area (Å²) in [6, 6.07) is 0. The van der Waals surface area contributed by atoms with E-state index in [0.29, 0.717) is 5.41 Å². The fraction of sp³-hybridized carbons (Fsp3) is 0.846. The van der Waals surface area contributed by atoms with Gasteiger partial charge in [0, 0.05) is 11.6 Å². The van der Waals surface area contributed by atoms with Crippen molar-refractivity contribution in [1.29, 1.82) is 5.26 Å². The first-order chi connectivity index (χ1) is 7.37. The van der Waals surface area contributed by atoms with Crippen LogP contribution in [0.25, 0.3) is 0 Å². The van der Waals surface area contributed by atoms with Gasteiger partial charge < -0.3 is 0 Å². The molecule has 0 unspecified atom stereocenters. The zero-order valence-corrected chi connectivity index (χ0v) is 9.41.